The summed E-state index contributed by atoms with van der Waals surface area (Å²) in [4.78, 5) is 6.48. The van der Waals surface area contributed by atoms with Crippen molar-refractivity contribution >= 4 is 0 Å². The number of nitrogens with one attached hydrogen (secondary N) is 1. The highest BCUT2D eigenvalue weighted by molar-refractivity contribution is 5.29. The number of ether oxygens (including phenoxy) is 1. The van der Waals surface area contributed by atoms with Gasteiger partial charge in [0.05, 0.1) is 0 Å². The molecule has 1 aliphatic rings. The first-order chi connectivity index (χ1) is 12.0. The van der Waals surface area contributed by atoms with Crippen molar-refractivity contribution in [3.05, 3.63) is 59.9 Å². The molecule has 0 radical (unpaired) electrons. The van der Waals surface area contributed by atoms with Gasteiger partial charge >= 0.3 is 6.18 Å². The van der Waals surface area contributed by atoms with Crippen molar-refractivity contribution < 1.29 is 17.9 Å². The molecule has 0 amide bonds. The molecule has 4 nitrogen and oxygen atoms in total. The number of rotatable bonds is 5. The summed E-state index contributed by atoms with van der Waals surface area (Å²) in [6, 6.07) is 11.0. The third-order valence-corrected chi connectivity index (χ3v) is 4.11. The van der Waals surface area contributed by atoms with Gasteiger partial charge < -0.3 is 10.1 Å². The topological polar surface area (TPSA) is 37.4 Å². The zero-order valence-corrected chi connectivity index (χ0v) is 13.7. The van der Waals surface area contributed by atoms with Crippen molar-refractivity contribution in [1.29, 1.82) is 0 Å². The van der Waals surface area contributed by atoms with E-state index in [1.807, 2.05) is 24.4 Å². The molecule has 1 aromatic carbocycles. The summed E-state index contributed by atoms with van der Waals surface area (Å²) >= 11 is 0. The zero-order valence-electron chi connectivity index (χ0n) is 13.7. The molecule has 1 unspecified atom stereocenters. The van der Waals surface area contributed by atoms with Crippen LogP contribution in [0.2, 0.25) is 0 Å². The van der Waals surface area contributed by atoms with Crippen LogP contribution in [0.5, 0.6) is 5.75 Å². The van der Waals surface area contributed by atoms with Crippen LogP contribution >= 0.6 is 0 Å². The van der Waals surface area contributed by atoms with Crippen molar-refractivity contribution in [3.8, 4) is 5.75 Å². The van der Waals surface area contributed by atoms with Gasteiger partial charge in [0.25, 0.3) is 0 Å². The predicted octanol–water partition coefficient (Wildman–Crippen LogP) is 3.17. The monoisotopic (exact) mass is 351 g/mol. The van der Waals surface area contributed by atoms with E-state index < -0.39 is 12.8 Å². The fourth-order valence-electron chi connectivity index (χ4n) is 2.97. The molecule has 7 heteroatoms. The Morgan fingerprint density at radius 2 is 2.12 bits per heavy atom. The summed E-state index contributed by atoms with van der Waals surface area (Å²) in [5, 5.41) is 3.38. The van der Waals surface area contributed by atoms with Gasteiger partial charge in [-0.25, -0.2) is 0 Å². The van der Waals surface area contributed by atoms with Crippen LogP contribution in [-0.4, -0.2) is 42.3 Å². The number of hydrogen-bond acceptors (Lipinski definition) is 4. The summed E-state index contributed by atoms with van der Waals surface area (Å²) < 4.78 is 41.8. The Morgan fingerprint density at radius 1 is 1.24 bits per heavy atom. The van der Waals surface area contributed by atoms with E-state index in [-0.39, 0.29) is 11.8 Å². The maximum absolute atomic E-state index is 12.3. The van der Waals surface area contributed by atoms with Crippen LogP contribution in [0.4, 0.5) is 13.2 Å². The van der Waals surface area contributed by atoms with Gasteiger partial charge in [0.2, 0.25) is 0 Å². The van der Waals surface area contributed by atoms with E-state index >= 15 is 0 Å². The number of halogens is 3. The Kier molecular flexibility index (Phi) is 5.55. The average Bonchev–Trinajstić information content (AvgIpc) is 2.61. The first-order valence-electron chi connectivity index (χ1n) is 8.14. The highest BCUT2D eigenvalue weighted by Crippen LogP contribution is 2.25. The van der Waals surface area contributed by atoms with Gasteiger partial charge in [-0.1, -0.05) is 18.2 Å². The molecule has 1 N–H and O–H groups in total. The van der Waals surface area contributed by atoms with E-state index in [0.29, 0.717) is 6.54 Å². The Bertz CT molecular complexity index is 679. The fraction of sp³-hybridized carbons (Fsp3) is 0.389. The molecular formula is C18H20F3N3O. The minimum atomic E-state index is -4.33. The molecular weight excluding hydrogens is 331 g/mol. The number of benzene rings is 1. The molecule has 2 aromatic rings. The lowest BCUT2D eigenvalue weighted by Crippen LogP contribution is -2.45. The number of aromatic nitrogens is 1. The summed E-state index contributed by atoms with van der Waals surface area (Å²) in [6.07, 6.45) is -0.737. The van der Waals surface area contributed by atoms with Crippen molar-refractivity contribution in [1.82, 2.24) is 15.2 Å². The molecule has 0 spiro atoms. The van der Waals surface area contributed by atoms with Crippen molar-refractivity contribution in [2.24, 2.45) is 0 Å². The Hall–Kier alpha value is -2.12. The van der Waals surface area contributed by atoms with E-state index in [1.54, 1.807) is 24.4 Å². The molecule has 0 bridgehead atoms. The van der Waals surface area contributed by atoms with Crippen molar-refractivity contribution in [2.45, 2.75) is 18.8 Å². The summed E-state index contributed by atoms with van der Waals surface area (Å²) in [7, 11) is 0. The normalized spacial score (nSPS) is 18.9. The molecule has 1 atom stereocenters. The second-order valence-electron chi connectivity index (χ2n) is 6.03. The molecule has 1 aromatic heterocycles. The number of piperazine rings is 1. The molecule has 25 heavy (non-hydrogen) atoms. The minimum Gasteiger partial charge on any atom is -0.484 e. The highest BCUT2D eigenvalue weighted by Gasteiger charge is 2.28. The molecule has 1 fully saturated rings. The van der Waals surface area contributed by atoms with E-state index in [9.17, 15) is 13.2 Å². The predicted molar refractivity (Wildman–Crippen MR) is 88.2 cm³/mol. The second kappa shape index (κ2) is 7.84. The van der Waals surface area contributed by atoms with Gasteiger partial charge in [0, 0.05) is 44.6 Å². The SMILES string of the molecule is FC(F)(F)COc1cccc(CN2CCNCC2c2cccnc2)c1. The van der Waals surface area contributed by atoms with Gasteiger partial charge in [0.1, 0.15) is 5.75 Å². The van der Waals surface area contributed by atoms with E-state index in [2.05, 4.69) is 15.2 Å². The molecule has 3 rings (SSSR count). The van der Waals surface area contributed by atoms with E-state index in [0.717, 1.165) is 30.8 Å². The maximum atomic E-state index is 12.3. The van der Waals surface area contributed by atoms with Crippen LogP contribution in [0.15, 0.2) is 48.8 Å². The number of pyridine rings is 1. The lowest BCUT2D eigenvalue weighted by molar-refractivity contribution is -0.153. The summed E-state index contributed by atoms with van der Waals surface area (Å²) in [5.74, 6) is 0.239. The van der Waals surface area contributed by atoms with Crippen molar-refractivity contribution in [2.75, 3.05) is 26.2 Å². The number of nitrogens with zero attached hydrogens (tertiary/aromatic N) is 2. The second-order valence-corrected chi connectivity index (χ2v) is 6.03. The van der Waals surface area contributed by atoms with Crippen LogP contribution in [0, 0.1) is 0 Å². The third-order valence-electron chi connectivity index (χ3n) is 4.11. The Labute approximate surface area is 144 Å². The van der Waals surface area contributed by atoms with Crippen LogP contribution < -0.4 is 10.1 Å². The van der Waals surface area contributed by atoms with Gasteiger partial charge in [-0.15, -0.1) is 0 Å². The summed E-state index contributed by atoms with van der Waals surface area (Å²) in [5.41, 5.74) is 2.05. The lowest BCUT2D eigenvalue weighted by Gasteiger charge is -2.36. The first kappa shape index (κ1) is 17.7. The van der Waals surface area contributed by atoms with Crippen LogP contribution in [0.1, 0.15) is 17.2 Å². The maximum Gasteiger partial charge on any atom is 0.422 e. The Balaban J connectivity index is 1.69. The average molecular weight is 351 g/mol. The standard InChI is InChI=1S/C18H20F3N3O/c19-18(20,21)13-25-16-5-1-3-14(9-16)12-24-8-7-23-11-17(24)15-4-2-6-22-10-15/h1-6,9-10,17,23H,7-8,11-13H2. The number of alkyl halides is 3. The first-order valence-corrected chi connectivity index (χ1v) is 8.14. The van der Waals surface area contributed by atoms with E-state index in [4.69, 9.17) is 4.74 Å². The van der Waals surface area contributed by atoms with Gasteiger partial charge in [-0.3, -0.25) is 9.88 Å². The minimum absolute atomic E-state index is 0.183. The van der Waals surface area contributed by atoms with Crippen molar-refractivity contribution in [3.63, 3.8) is 0 Å². The summed E-state index contributed by atoms with van der Waals surface area (Å²) in [6.45, 7) is 1.91. The van der Waals surface area contributed by atoms with E-state index in [1.165, 1.54) is 0 Å². The molecule has 1 saturated heterocycles. The van der Waals surface area contributed by atoms with Gasteiger partial charge in [-0.2, -0.15) is 13.2 Å². The smallest absolute Gasteiger partial charge is 0.422 e. The number of hydrogen-bond donors (Lipinski definition) is 1. The fourth-order valence-corrected chi connectivity index (χ4v) is 2.97. The van der Waals surface area contributed by atoms with Gasteiger partial charge in [-0.05, 0) is 29.3 Å². The lowest BCUT2D eigenvalue weighted by atomic mass is 10.0. The third kappa shape index (κ3) is 5.17. The molecule has 134 valence electrons. The molecule has 0 saturated carbocycles. The molecule has 2 heterocycles. The quantitative estimate of drug-likeness (QED) is 0.898. The molecule has 0 aliphatic carbocycles. The van der Waals surface area contributed by atoms with Crippen LogP contribution in [-0.2, 0) is 6.54 Å². The van der Waals surface area contributed by atoms with Crippen LogP contribution in [0.25, 0.3) is 0 Å². The van der Waals surface area contributed by atoms with Crippen LogP contribution in [0.3, 0.4) is 0 Å². The largest absolute Gasteiger partial charge is 0.484 e. The zero-order chi connectivity index (χ0) is 17.7. The molecule has 1 aliphatic heterocycles. The Morgan fingerprint density at radius 3 is 2.88 bits per heavy atom. The van der Waals surface area contributed by atoms with Gasteiger partial charge in [0.15, 0.2) is 6.61 Å². The highest BCUT2D eigenvalue weighted by atomic mass is 19.4.